The van der Waals surface area contributed by atoms with E-state index >= 15 is 0 Å². The number of aliphatic hydroxyl groups is 2. The minimum Gasteiger partial charge on any atom is -1.00 e. The third-order valence-electron chi connectivity index (χ3n) is 0.610. The summed E-state index contributed by atoms with van der Waals surface area (Å²) in [6.45, 7) is -0.876. The van der Waals surface area contributed by atoms with Gasteiger partial charge in [-0.3, -0.25) is 4.70 Å². The third kappa shape index (κ3) is 17.5. The van der Waals surface area contributed by atoms with E-state index < -0.39 is 18.9 Å². The maximum Gasteiger partial charge on any atom is 2.00 e. The van der Waals surface area contributed by atoms with Crippen molar-refractivity contribution in [1.82, 2.24) is 0 Å². The van der Waals surface area contributed by atoms with Crippen LogP contribution in [0.3, 0.4) is 0 Å². The van der Waals surface area contributed by atoms with Crippen LogP contribution in [0, 0.1) is 0 Å². The monoisotopic (exact) mass is 222 g/mol. The quantitative estimate of drug-likeness (QED) is 0.336. The molecule has 0 amide bonds. The molecule has 12 heavy (non-hydrogen) atoms. The van der Waals surface area contributed by atoms with Gasteiger partial charge in [0.05, 0.1) is 6.61 Å². The molecule has 0 aliphatic heterocycles. The van der Waals surface area contributed by atoms with Crippen molar-refractivity contribution >= 4 is 43.9 Å². The van der Waals surface area contributed by atoms with E-state index in [9.17, 15) is 4.79 Å². The summed E-state index contributed by atoms with van der Waals surface area (Å²) in [5.74, 6) is 0. The molecule has 0 bridgehead atoms. The van der Waals surface area contributed by atoms with E-state index in [-0.39, 0.29) is 82.9 Å². The number of ether oxygens (including phenoxy) is 1. The number of carbonyl (C=O) groups is 1. The maximum atomic E-state index is 9.60. The van der Waals surface area contributed by atoms with Crippen LogP contribution in [-0.4, -0.2) is 78.5 Å². The minimum atomic E-state index is -1.46. The van der Waals surface area contributed by atoms with Crippen molar-refractivity contribution in [2.45, 2.75) is 6.10 Å². The Labute approximate surface area is 125 Å². The fraction of sp³-hybridized carbons (Fsp3) is 0.750. The Morgan fingerprint density at radius 2 is 2.00 bits per heavy atom. The first-order chi connectivity index (χ1) is 4.16. The number of halogens is 1. The molecule has 0 radical (unpaired) electrons. The van der Waals surface area contributed by atoms with Crippen molar-refractivity contribution in [3.8, 4) is 0 Å². The Morgan fingerprint density at radius 1 is 1.58 bits per heavy atom. The van der Waals surface area contributed by atoms with E-state index in [1.54, 1.807) is 0 Å². The van der Waals surface area contributed by atoms with E-state index in [1.807, 2.05) is 0 Å². The normalized spacial score (nSPS) is 9.50. The molecule has 0 aromatic heterocycles. The van der Waals surface area contributed by atoms with Crippen molar-refractivity contribution in [1.29, 1.82) is 0 Å². The molecule has 0 rings (SSSR count). The predicted molar refractivity (Wildman–Crippen MR) is 38.7 cm³/mol. The average Bonchev–Trinajstić information content (AvgIpc) is 1.83. The van der Waals surface area contributed by atoms with Crippen molar-refractivity contribution < 1.29 is 63.4 Å². The minimum absolute atomic E-state index is 0. The standard InChI is InChI=1S/C4H8O5.Ca.FH.Na.3H/c5-1-3(6)2-9-4(7)8;;;;;;/h3,5-6H,1-2H2,(H,7,8);;1H;;;;/q;+2;;+1;3*-1. The molecule has 3 N–H and O–H groups in total. The third-order valence-corrected chi connectivity index (χ3v) is 0.610. The van der Waals surface area contributed by atoms with E-state index in [4.69, 9.17) is 15.3 Å². The number of hydrogen-bond donors (Lipinski definition) is 3. The van der Waals surface area contributed by atoms with E-state index in [0.717, 1.165) is 0 Å². The largest absolute Gasteiger partial charge is 2.00 e. The summed E-state index contributed by atoms with van der Waals surface area (Å²) in [7, 11) is 0. The molecule has 1 atom stereocenters. The molecule has 0 heterocycles. The van der Waals surface area contributed by atoms with Gasteiger partial charge in [-0.05, 0) is 0 Å². The van der Waals surface area contributed by atoms with Crippen LogP contribution >= 0.6 is 0 Å². The fourth-order valence-electron chi connectivity index (χ4n) is 0.220. The van der Waals surface area contributed by atoms with E-state index in [2.05, 4.69) is 4.74 Å². The summed E-state index contributed by atoms with van der Waals surface area (Å²) in [6, 6.07) is 0. The molecule has 0 aliphatic rings. The molecule has 5 nitrogen and oxygen atoms in total. The Morgan fingerprint density at radius 3 is 2.25 bits per heavy atom. The fourth-order valence-corrected chi connectivity index (χ4v) is 0.220. The second-order valence-electron chi connectivity index (χ2n) is 1.41. The molecule has 0 aliphatic carbocycles. The molecule has 0 saturated carbocycles. The second-order valence-corrected chi connectivity index (χ2v) is 1.41. The summed E-state index contributed by atoms with van der Waals surface area (Å²) in [5, 5.41) is 24.4. The van der Waals surface area contributed by atoms with Crippen LogP contribution in [0.15, 0.2) is 0 Å². The molecule has 68 valence electrons. The van der Waals surface area contributed by atoms with Gasteiger partial charge in [0.25, 0.3) is 0 Å². The molecular weight excluding hydrogens is 210 g/mol. The first-order valence-corrected chi connectivity index (χ1v) is 2.31. The molecule has 0 fully saturated rings. The summed E-state index contributed by atoms with van der Waals surface area (Å²) in [5.41, 5.74) is 0. The van der Waals surface area contributed by atoms with Crippen LogP contribution in [0.25, 0.3) is 0 Å². The molecule has 0 aromatic carbocycles. The Hall–Kier alpha value is 1.38. The number of aliphatic hydroxyl groups excluding tert-OH is 2. The molecule has 0 spiro atoms. The van der Waals surface area contributed by atoms with E-state index in [1.165, 1.54) is 0 Å². The van der Waals surface area contributed by atoms with Crippen LogP contribution < -0.4 is 29.6 Å². The van der Waals surface area contributed by atoms with Crippen molar-refractivity contribution in [2.75, 3.05) is 13.2 Å². The van der Waals surface area contributed by atoms with Crippen LogP contribution in [0.2, 0.25) is 0 Å². The Bertz CT molecular complexity index is 116. The molecule has 0 aromatic rings. The zero-order valence-corrected chi connectivity index (χ0v) is 11.0. The van der Waals surface area contributed by atoms with Crippen molar-refractivity contribution in [3.05, 3.63) is 0 Å². The van der Waals surface area contributed by atoms with Gasteiger partial charge >= 0.3 is 73.5 Å². The predicted octanol–water partition coefficient (Wildman–Crippen LogP) is -3.85. The van der Waals surface area contributed by atoms with Crippen LogP contribution in [0.1, 0.15) is 4.28 Å². The zero-order chi connectivity index (χ0) is 7.28. The summed E-state index contributed by atoms with van der Waals surface area (Å²) in [4.78, 5) is 9.60. The van der Waals surface area contributed by atoms with Gasteiger partial charge in [-0.1, -0.05) is 0 Å². The zero-order valence-electron chi connectivity index (χ0n) is 9.77. The van der Waals surface area contributed by atoms with Gasteiger partial charge in [-0.25, -0.2) is 4.79 Å². The van der Waals surface area contributed by atoms with Gasteiger partial charge in [0.2, 0.25) is 0 Å². The van der Waals surface area contributed by atoms with Crippen LogP contribution in [0.4, 0.5) is 9.50 Å². The summed E-state index contributed by atoms with van der Waals surface area (Å²) < 4.78 is 3.90. The van der Waals surface area contributed by atoms with Gasteiger partial charge in [-0.15, -0.1) is 0 Å². The van der Waals surface area contributed by atoms with Gasteiger partial charge in [0.1, 0.15) is 12.7 Å². The van der Waals surface area contributed by atoms with Gasteiger partial charge < -0.3 is 24.3 Å². The SMILES string of the molecule is F.O=C(O)OCC(O)CO.[Ca+2].[H-].[H-].[H-].[Na+]. The van der Waals surface area contributed by atoms with Crippen LogP contribution in [-0.2, 0) is 4.74 Å². The molecule has 0 saturated heterocycles. The Balaban J connectivity index is -0.0000000213. The van der Waals surface area contributed by atoms with Gasteiger partial charge in [-0.2, -0.15) is 0 Å². The molecule has 1 unspecified atom stereocenters. The number of hydrogen-bond acceptors (Lipinski definition) is 4. The van der Waals surface area contributed by atoms with Crippen LogP contribution in [0.5, 0.6) is 0 Å². The van der Waals surface area contributed by atoms with E-state index in [0.29, 0.717) is 0 Å². The van der Waals surface area contributed by atoms with Gasteiger partial charge in [0.15, 0.2) is 0 Å². The topological polar surface area (TPSA) is 87.0 Å². The number of rotatable bonds is 3. The Kier molecular flexibility index (Phi) is 28.9. The molecule has 8 heteroatoms. The first-order valence-electron chi connectivity index (χ1n) is 2.31. The van der Waals surface area contributed by atoms with Gasteiger partial charge in [0, 0.05) is 0 Å². The first kappa shape index (κ1) is 23.3. The van der Waals surface area contributed by atoms with Crippen molar-refractivity contribution in [2.24, 2.45) is 0 Å². The smallest absolute Gasteiger partial charge is 1.00 e. The number of carboxylic acid groups (broad SMARTS) is 1. The maximum absolute atomic E-state index is 9.60. The average molecular weight is 222 g/mol. The summed E-state index contributed by atoms with van der Waals surface area (Å²) in [6.07, 6.45) is -2.57. The second kappa shape index (κ2) is 14.9. The van der Waals surface area contributed by atoms with Crippen molar-refractivity contribution in [3.63, 3.8) is 0 Å². The summed E-state index contributed by atoms with van der Waals surface area (Å²) >= 11 is 0. The molecular formula is C4H12CaFNaO5.